The maximum absolute atomic E-state index is 12.0. The van der Waals surface area contributed by atoms with Crippen LogP contribution in [0, 0.1) is 15.5 Å². The van der Waals surface area contributed by atoms with E-state index < -0.39 is 26.5 Å². The van der Waals surface area contributed by atoms with E-state index in [9.17, 15) is 23.3 Å². The summed E-state index contributed by atoms with van der Waals surface area (Å²) in [6.07, 6.45) is 0.346. The molecule has 0 spiro atoms. The highest BCUT2D eigenvalue weighted by atomic mass is 35.5. The number of nitrogens with one attached hydrogen (secondary N) is 1. The maximum Gasteiger partial charge on any atom is 0.283 e. The van der Waals surface area contributed by atoms with Crippen molar-refractivity contribution >= 4 is 33.2 Å². The molecule has 7 nitrogen and oxygen atoms in total. The van der Waals surface area contributed by atoms with Crippen molar-refractivity contribution in [3.63, 3.8) is 0 Å². The predicted octanol–water partition coefficient (Wildman–Crippen LogP) is 2.74. The van der Waals surface area contributed by atoms with Gasteiger partial charge < -0.3 is 0 Å². The molecule has 0 aromatic heterocycles. The molecule has 1 N–H and O–H groups in total. The van der Waals surface area contributed by atoms with Gasteiger partial charge in [-0.25, -0.2) is 13.1 Å². The summed E-state index contributed by atoms with van der Waals surface area (Å²) in [6, 6.07) is 3.40. The Bertz CT molecular complexity index is 695. The Morgan fingerprint density at radius 3 is 2.45 bits per heavy atom. The Morgan fingerprint density at radius 1 is 1.36 bits per heavy atom. The van der Waals surface area contributed by atoms with Crippen molar-refractivity contribution in [3.8, 4) is 0 Å². The number of carbonyl (C=O) groups is 1. The van der Waals surface area contributed by atoms with E-state index in [0.717, 1.165) is 12.1 Å². The Morgan fingerprint density at radius 2 is 1.95 bits per heavy atom. The minimum absolute atomic E-state index is 0.0823. The molecule has 1 rings (SSSR count). The molecule has 122 valence electrons. The van der Waals surface area contributed by atoms with Crippen LogP contribution in [0.15, 0.2) is 18.2 Å². The van der Waals surface area contributed by atoms with Gasteiger partial charge in [0.05, 0.1) is 10.7 Å². The fourth-order valence-corrected chi connectivity index (χ4v) is 3.08. The van der Waals surface area contributed by atoms with Gasteiger partial charge >= 0.3 is 0 Å². The Kier molecular flexibility index (Phi) is 5.53. The first kappa shape index (κ1) is 18.4. The van der Waals surface area contributed by atoms with Crippen LogP contribution >= 0.6 is 11.6 Å². The smallest absolute Gasteiger partial charge is 0.268 e. The van der Waals surface area contributed by atoms with E-state index in [1.807, 2.05) is 25.5 Å². The highest BCUT2D eigenvalue weighted by Crippen LogP contribution is 2.23. The van der Waals surface area contributed by atoms with Crippen LogP contribution in [0.25, 0.3) is 0 Å². The molecule has 0 radical (unpaired) electrons. The molecule has 0 saturated heterocycles. The van der Waals surface area contributed by atoms with Gasteiger partial charge in [0.25, 0.3) is 11.6 Å². The molecule has 0 unspecified atom stereocenters. The molecule has 0 aliphatic rings. The molecule has 0 heterocycles. The number of nitro benzene ring substituents is 1. The summed E-state index contributed by atoms with van der Waals surface area (Å²) in [7, 11) is -3.87. The van der Waals surface area contributed by atoms with Gasteiger partial charge in [-0.05, 0) is 24.0 Å². The highest BCUT2D eigenvalue weighted by molar-refractivity contribution is 7.90. The van der Waals surface area contributed by atoms with Crippen LogP contribution in [-0.2, 0) is 10.0 Å². The first-order chi connectivity index (χ1) is 9.91. The van der Waals surface area contributed by atoms with Crippen molar-refractivity contribution < 1.29 is 18.1 Å². The lowest BCUT2D eigenvalue weighted by Gasteiger charge is -2.17. The summed E-state index contributed by atoms with van der Waals surface area (Å²) in [6.45, 7) is 5.61. The molecule has 0 fully saturated rings. The number of halogens is 1. The zero-order valence-corrected chi connectivity index (χ0v) is 14.0. The topological polar surface area (TPSA) is 106 Å². The van der Waals surface area contributed by atoms with Crippen molar-refractivity contribution in [3.05, 3.63) is 38.9 Å². The third kappa shape index (κ3) is 5.61. The lowest BCUT2D eigenvalue weighted by atomic mass is 9.94. The third-order valence-electron chi connectivity index (χ3n) is 2.77. The number of sulfonamides is 1. The number of carbonyl (C=O) groups excluding carboxylic acids is 1. The SMILES string of the molecule is CC(C)(C)CCS(=O)(=O)NC(=O)c1ccc(Cl)cc1[N+](=O)[O-]. The normalized spacial score (nSPS) is 12.0. The average molecular weight is 349 g/mol. The summed E-state index contributed by atoms with van der Waals surface area (Å²) < 4.78 is 25.6. The molecule has 22 heavy (non-hydrogen) atoms. The molecule has 1 aromatic rings. The van der Waals surface area contributed by atoms with Gasteiger partial charge in [0, 0.05) is 11.1 Å². The summed E-state index contributed by atoms with van der Waals surface area (Å²) in [5, 5.41) is 11.0. The van der Waals surface area contributed by atoms with E-state index in [1.165, 1.54) is 6.07 Å². The molecular formula is C13H17ClN2O5S. The van der Waals surface area contributed by atoms with Crippen molar-refractivity contribution in [2.24, 2.45) is 5.41 Å². The van der Waals surface area contributed by atoms with E-state index in [-0.39, 0.29) is 21.8 Å². The highest BCUT2D eigenvalue weighted by Gasteiger charge is 2.25. The monoisotopic (exact) mass is 348 g/mol. The zero-order chi connectivity index (χ0) is 17.1. The first-order valence-electron chi connectivity index (χ1n) is 6.40. The second-order valence-electron chi connectivity index (χ2n) is 5.98. The summed E-state index contributed by atoms with van der Waals surface area (Å²) in [5.41, 5.74) is -1.12. The van der Waals surface area contributed by atoms with Crippen LogP contribution in [0.3, 0.4) is 0 Å². The molecular weight excluding hydrogens is 332 g/mol. The number of nitro groups is 1. The second-order valence-corrected chi connectivity index (χ2v) is 8.26. The van der Waals surface area contributed by atoms with Gasteiger partial charge in [-0.1, -0.05) is 32.4 Å². The van der Waals surface area contributed by atoms with E-state index in [4.69, 9.17) is 11.6 Å². The molecule has 0 aliphatic heterocycles. The molecule has 0 saturated carbocycles. The predicted molar refractivity (Wildman–Crippen MR) is 83.4 cm³/mol. The lowest BCUT2D eigenvalue weighted by Crippen LogP contribution is -2.34. The van der Waals surface area contributed by atoms with Crippen LogP contribution in [0.5, 0.6) is 0 Å². The molecule has 0 bridgehead atoms. The minimum Gasteiger partial charge on any atom is -0.268 e. The van der Waals surface area contributed by atoms with Gasteiger partial charge in [0.2, 0.25) is 10.0 Å². The fraction of sp³-hybridized carbons (Fsp3) is 0.462. The van der Waals surface area contributed by atoms with E-state index >= 15 is 0 Å². The van der Waals surface area contributed by atoms with Crippen molar-refractivity contribution in [1.29, 1.82) is 0 Å². The van der Waals surface area contributed by atoms with Crippen molar-refractivity contribution in [2.45, 2.75) is 27.2 Å². The van der Waals surface area contributed by atoms with Crippen molar-refractivity contribution in [1.82, 2.24) is 4.72 Å². The number of amides is 1. The van der Waals surface area contributed by atoms with E-state index in [0.29, 0.717) is 6.42 Å². The number of hydrogen-bond acceptors (Lipinski definition) is 5. The van der Waals surface area contributed by atoms with E-state index in [2.05, 4.69) is 0 Å². The quantitative estimate of drug-likeness (QED) is 0.650. The van der Waals surface area contributed by atoms with Crippen molar-refractivity contribution in [2.75, 3.05) is 5.75 Å². The number of hydrogen-bond donors (Lipinski definition) is 1. The van der Waals surface area contributed by atoms with Gasteiger partial charge in [-0.15, -0.1) is 0 Å². The second kappa shape index (κ2) is 6.62. The van der Waals surface area contributed by atoms with Crippen LogP contribution in [0.4, 0.5) is 5.69 Å². The van der Waals surface area contributed by atoms with Gasteiger partial charge in [0.15, 0.2) is 0 Å². The van der Waals surface area contributed by atoms with Gasteiger partial charge in [-0.2, -0.15) is 0 Å². The largest absolute Gasteiger partial charge is 0.283 e. The van der Waals surface area contributed by atoms with Gasteiger partial charge in [0.1, 0.15) is 5.56 Å². The molecule has 1 aromatic carbocycles. The Balaban J connectivity index is 2.96. The summed E-state index contributed by atoms with van der Waals surface area (Å²) in [5.74, 6) is -1.29. The number of benzene rings is 1. The van der Waals surface area contributed by atoms with Crippen LogP contribution in [0.1, 0.15) is 37.6 Å². The van der Waals surface area contributed by atoms with Crippen LogP contribution in [-0.4, -0.2) is 25.0 Å². The van der Waals surface area contributed by atoms with Crippen LogP contribution < -0.4 is 4.72 Å². The number of nitrogens with zero attached hydrogens (tertiary/aromatic N) is 1. The molecule has 0 atom stereocenters. The summed E-state index contributed by atoms with van der Waals surface area (Å²) in [4.78, 5) is 22.1. The molecule has 9 heteroatoms. The molecule has 0 aliphatic carbocycles. The zero-order valence-electron chi connectivity index (χ0n) is 12.4. The number of rotatable bonds is 5. The summed E-state index contributed by atoms with van der Waals surface area (Å²) >= 11 is 5.64. The Labute approximate surface area is 133 Å². The van der Waals surface area contributed by atoms with Crippen LogP contribution in [0.2, 0.25) is 5.02 Å². The average Bonchev–Trinajstić information content (AvgIpc) is 2.35. The minimum atomic E-state index is -3.87. The molecule has 1 amide bonds. The van der Waals surface area contributed by atoms with Gasteiger partial charge in [-0.3, -0.25) is 14.9 Å². The Hall–Kier alpha value is -1.67. The fourth-order valence-electron chi connectivity index (χ4n) is 1.54. The standard InChI is InChI=1S/C13H17ClN2O5S/c1-13(2,3)6-7-22(20,21)15-12(17)10-5-4-9(14)8-11(10)16(18)19/h4-5,8H,6-7H2,1-3H3,(H,15,17). The maximum atomic E-state index is 12.0. The van der Waals surface area contributed by atoms with E-state index in [1.54, 1.807) is 0 Å². The first-order valence-corrected chi connectivity index (χ1v) is 8.43. The third-order valence-corrected chi connectivity index (χ3v) is 4.24. The lowest BCUT2D eigenvalue weighted by molar-refractivity contribution is -0.385.